The summed E-state index contributed by atoms with van der Waals surface area (Å²) < 4.78 is 19.7. The smallest absolute Gasteiger partial charge is 0.246 e. The molecule has 0 spiro atoms. The zero-order valence-electron chi connectivity index (χ0n) is 14.9. The predicted molar refractivity (Wildman–Crippen MR) is 103 cm³/mol. The largest absolute Gasteiger partial charge is 0.453 e. The van der Waals surface area contributed by atoms with Gasteiger partial charge in [-0.05, 0) is 41.5 Å². The topological polar surface area (TPSA) is 42.4 Å². The van der Waals surface area contributed by atoms with Crippen LogP contribution in [0.25, 0.3) is 6.08 Å². The zero-order chi connectivity index (χ0) is 19.1. The van der Waals surface area contributed by atoms with Crippen LogP contribution in [0.15, 0.2) is 79.1 Å². The molecule has 4 nitrogen and oxygen atoms in total. The van der Waals surface area contributed by atoms with Crippen molar-refractivity contribution in [2.24, 2.45) is 0 Å². The van der Waals surface area contributed by atoms with Gasteiger partial charge in [0.05, 0.1) is 6.20 Å². The molecule has 0 saturated heterocycles. The van der Waals surface area contributed by atoms with E-state index in [-0.39, 0.29) is 11.7 Å². The average Bonchev–Trinajstić information content (AvgIpc) is 2.69. The van der Waals surface area contributed by atoms with Crippen LogP contribution in [0.3, 0.4) is 0 Å². The summed E-state index contributed by atoms with van der Waals surface area (Å²) in [6.07, 6.45) is 6.14. The summed E-state index contributed by atoms with van der Waals surface area (Å²) in [7, 11) is 1.73. The van der Waals surface area contributed by atoms with Crippen LogP contribution in [0.1, 0.15) is 11.1 Å². The first-order valence-electron chi connectivity index (χ1n) is 8.46. The van der Waals surface area contributed by atoms with E-state index in [0.717, 1.165) is 5.56 Å². The summed E-state index contributed by atoms with van der Waals surface area (Å²) in [6, 6.07) is 17.7. The van der Waals surface area contributed by atoms with Crippen molar-refractivity contribution in [3.05, 3.63) is 96.1 Å². The fraction of sp³-hybridized carbons (Fsp3) is 0.0909. The molecule has 27 heavy (non-hydrogen) atoms. The molecule has 1 amide bonds. The SMILES string of the molecule is CN(Cc1ccccc1)C(=O)/C=C/c1ccc(Oc2cccnc2)c(F)c1. The van der Waals surface area contributed by atoms with Gasteiger partial charge in [0.15, 0.2) is 11.6 Å². The maximum atomic E-state index is 14.2. The summed E-state index contributed by atoms with van der Waals surface area (Å²) in [5, 5.41) is 0. The highest BCUT2D eigenvalue weighted by Gasteiger charge is 2.07. The number of carbonyl (C=O) groups excluding carboxylic acids is 1. The Kier molecular flexibility index (Phi) is 5.94. The van der Waals surface area contributed by atoms with Crippen LogP contribution in [0.5, 0.6) is 11.5 Å². The summed E-state index contributed by atoms with van der Waals surface area (Å²) in [5.41, 5.74) is 1.62. The Morgan fingerprint density at radius 2 is 1.96 bits per heavy atom. The highest BCUT2D eigenvalue weighted by molar-refractivity contribution is 5.91. The lowest BCUT2D eigenvalue weighted by atomic mass is 10.2. The second kappa shape index (κ2) is 8.76. The number of ether oxygens (including phenoxy) is 1. The van der Waals surface area contributed by atoms with Gasteiger partial charge in [0.25, 0.3) is 0 Å². The number of amides is 1. The van der Waals surface area contributed by atoms with Gasteiger partial charge in [0, 0.05) is 25.9 Å². The van der Waals surface area contributed by atoms with Crippen molar-refractivity contribution < 1.29 is 13.9 Å². The molecule has 0 atom stereocenters. The van der Waals surface area contributed by atoms with Gasteiger partial charge in [0.2, 0.25) is 5.91 Å². The molecule has 1 heterocycles. The second-order valence-corrected chi connectivity index (χ2v) is 5.99. The standard InChI is InChI=1S/C22H19FN2O2/c1-25(16-18-6-3-2-4-7-18)22(26)12-10-17-9-11-21(20(23)14-17)27-19-8-5-13-24-15-19/h2-15H,16H2,1H3/b12-10+. The lowest BCUT2D eigenvalue weighted by Crippen LogP contribution is -2.24. The Morgan fingerprint density at radius 3 is 2.67 bits per heavy atom. The molecular weight excluding hydrogens is 343 g/mol. The summed E-state index contributed by atoms with van der Waals surface area (Å²) in [4.78, 5) is 17.7. The van der Waals surface area contributed by atoms with Gasteiger partial charge in [-0.25, -0.2) is 4.39 Å². The Morgan fingerprint density at radius 1 is 1.15 bits per heavy atom. The van der Waals surface area contributed by atoms with Crippen LogP contribution in [0, 0.1) is 5.82 Å². The monoisotopic (exact) mass is 362 g/mol. The first-order chi connectivity index (χ1) is 13.1. The minimum Gasteiger partial charge on any atom is -0.453 e. The third kappa shape index (κ3) is 5.25. The number of aromatic nitrogens is 1. The molecule has 3 rings (SSSR count). The summed E-state index contributed by atoms with van der Waals surface area (Å²) in [6.45, 7) is 0.510. The molecule has 0 aliphatic carbocycles. The van der Waals surface area contributed by atoms with Gasteiger partial charge in [-0.1, -0.05) is 36.4 Å². The van der Waals surface area contributed by atoms with Crippen LogP contribution < -0.4 is 4.74 Å². The van der Waals surface area contributed by atoms with E-state index in [1.165, 1.54) is 24.4 Å². The minimum absolute atomic E-state index is 0.104. The maximum Gasteiger partial charge on any atom is 0.246 e. The minimum atomic E-state index is -0.508. The highest BCUT2D eigenvalue weighted by atomic mass is 19.1. The maximum absolute atomic E-state index is 14.2. The molecule has 136 valence electrons. The molecular formula is C22H19FN2O2. The van der Waals surface area contributed by atoms with E-state index >= 15 is 0 Å². The van der Waals surface area contributed by atoms with Crippen molar-refractivity contribution in [2.75, 3.05) is 7.05 Å². The molecule has 0 saturated carbocycles. The molecule has 3 aromatic rings. The Labute approximate surface area is 157 Å². The van der Waals surface area contributed by atoms with E-state index in [9.17, 15) is 9.18 Å². The van der Waals surface area contributed by atoms with Gasteiger partial charge in [0.1, 0.15) is 5.75 Å². The molecule has 5 heteroatoms. The van der Waals surface area contributed by atoms with E-state index in [0.29, 0.717) is 17.9 Å². The number of likely N-dealkylation sites (N-methyl/N-ethyl adjacent to an activating group) is 1. The van der Waals surface area contributed by atoms with E-state index in [4.69, 9.17) is 4.74 Å². The Hall–Kier alpha value is -3.47. The van der Waals surface area contributed by atoms with E-state index in [2.05, 4.69) is 4.98 Å². The van der Waals surface area contributed by atoms with Crippen molar-refractivity contribution in [3.63, 3.8) is 0 Å². The predicted octanol–water partition coefficient (Wildman–Crippen LogP) is 4.68. The Balaban J connectivity index is 1.63. The van der Waals surface area contributed by atoms with Gasteiger partial charge in [-0.3, -0.25) is 9.78 Å². The van der Waals surface area contributed by atoms with E-state index < -0.39 is 5.82 Å². The third-order valence-electron chi connectivity index (χ3n) is 3.88. The summed E-state index contributed by atoms with van der Waals surface area (Å²) in [5.74, 6) is -0.105. The third-order valence-corrected chi connectivity index (χ3v) is 3.88. The van der Waals surface area contributed by atoms with Gasteiger partial charge >= 0.3 is 0 Å². The number of carbonyl (C=O) groups is 1. The van der Waals surface area contributed by atoms with Crippen molar-refractivity contribution in [2.45, 2.75) is 6.54 Å². The van der Waals surface area contributed by atoms with Gasteiger partial charge in [-0.15, -0.1) is 0 Å². The van der Waals surface area contributed by atoms with Crippen LogP contribution >= 0.6 is 0 Å². The van der Waals surface area contributed by atoms with Crippen molar-refractivity contribution >= 4 is 12.0 Å². The molecule has 0 N–H and O–H groups in total. The van der Waals surface area contributed by atoms with Crippen LogP contribution in [0.2, 0.25) is 0 Å². The van der Waals surface area contributed by atoms with Gasteiger partial charge in [-0.2, -0.15) is 0 Å². The molecule has 0 fully saturated rings. The van der Waals surface area contributed by atoms with Crippen molar-refractivity contribution in [3.8, 4) is 11.5 Å². The summed E-state index contributed by atoms with van der Waals surface area (Å²) >= 11 is 0. The fourth-order valence-electron chi connectivity index (χ4n) is 2.47. The fourth-order valence-corrected chi connectivity index (χ4v) is 2.47. The first kappa shape index (κ1) is 18.3. The first-order valence-corrected chi connectivity index (χ1v) is 8.46. The van der Waals surface area contributed by atoms with Gasteiger partial charge < -0.3 is 9.64 Å². The highest BCUT2D eigenvalue weighted by Crippen LogP contribution is 2.24. The molecule has 0 aliphatic heterocycles. The number of benzene rings is 2. The number of pyridine rings is 1. The average molecular weight is 362 g/mol. The number of nitrogens with zero attached hydrogens (tertiary/aromatic N) is 2. The molecule has 2 aromatic carbocycles. The number of hydrogen-bond acceptors (Lipinski definition) is 3. The quantitative estimate of drug-likeness (QED) is 0.598. The van der Waals surface area contributed by atoms with Crippen molar-refractivity contribution in [1.82, 2.24) is 9.88 Å². The van der Waals surface area contributed by atoms with Crippen LogP contribution in [-0.2, 0) is 11.3 Å². The normalized spacial score (nSPS) is 10.7. The number of hydrogen-bond donors (Lipinski definition) is 0. The van der Waals surface area contributed by atoms with Crippen LogP contribution in [-0.4, -0.2) is 22.8 Å². The van der Waals surface area contributed by atoms with E-state index in [1.807, 2.05) is 30.3 Å². The van der Waals surface area contributed by atoms with Crippen LogP contribution in [0.4, 0.5) is 4.39 Å². The second-order valence-electron chi connectivity index (χ2n) is 5.99. The lowest BCUT2D eigenvalue weighted by Gasteiger charge is -2.15. The molecule has 0 radical (unpaired) electrons. The number of rotatable bonds is 6. The Bertz CT molecular complexity index is 928. The molecule has 0 unspecified atom stereocenters. The lowest BCUT2D eigenvalue weighted by molar-refractivity contribution is -0.125. The van der Waals surface area contributed by atoms with E-state index in [1.54, 1.807) is 42.4 Å². The molecule has 0 aliphatic rings. The zero-order valence-corrected chi connectivity index (χ0v) is 14.9. The number of halogens is 1. The molecule has 1 aromatic heterocycles. The van der Waals surface area contributed by atoms with Crippen molar-refractivity contribution in [1.29, 1.82) is 0 Å². The molecule has 0 bridgehead atoms.